The fourth-order valence-corrected chi connectivity index (χ4v) is 3.78. The molecule has 0 N–H and O–H groups in total. The monoisotopic (exact) mass is 428 g/mol. The van der Waals surface area contributed by atoms with Crippen molar-refractivity contribution in [2.24, 2.45) is 0 Å². The molecule has 3 heteroatoms. The third-order valence-corrected chi connectivity index (χ3v) is 5.79. The summed E-state index contributed by atoms with van der Waals surface area (Å²) in [5, 5.41) is 0. The van der Waals surface area contributed by atoms with Crippen molar-refractivity contribution in [1.29, 1.82) is 0 Å². The number of ether oxygens (including phenoxy) is 3. The topological polar surface area (TPSA) is 27.7 Å². The highest BCUT2D eigenvalue weighted by Gasteiger charge is 2.31. The van der Waals surface area contributed by atoms with Gasteiger partial charge in [-0.2, -0.15) is 0 Å². The first-order chi connectivity index (χ1) is 15.2. The van der Waals surface area contributed by atoms with Gasteiger partial charge >= 0.3 is 0 Å². The lowest BCUT2D eigenvalue weighted by atomic mass is 9.96. The third kappa shape index (κ3) is 10.2. The average molecular weight is 429 g/mol. The minimum Gasteiger partial charge on any atom is -0.376 e. The van der Waals surface area contributed by atoms with Crippen LogP contribution in [0.3, 0.4) is 0 Å². The van der Waals surface area contributed by atoms with E-state index in [2.05, 4.69) is 69.3 Å². The largest absolute Gasteiger partial charge is 0.376 e. The van der Waals surface area contributed by atoms with Gasteiger partial charge < -0.3 is 14.2 Å². The lowest BCUT2D eigenvalue weighted by Crippen LogP contribution is -2.37. The fourth-order valence-electron chi connectivity index (χ4n) is 3.78. The average Bonchev–Trinajstić information content (AvgIpc) is 2.81. The molecule has 1 unspecified atom stereocenters. The summed E-state index contributed by atoms with van der Waals surface area (Å²) in [6.07, 6.45) is 18.4. The first-order valence-electron chi connectivity index (χ1n) is 12.5. The molecule has 2 atom stereocenters. The molecule has 0 fully saturated rings. The molecule has 0 aliphatic heterocycles. The Morgan fingerprint density at radius 1 is 0.839 bits per heavy atom. The van der Waals surface area contributed by atoms with E-state index in [1.165, 1.54) is 56.1 Å². The van der Waals surface area contributed by atoms with Crippen molar-refractivity contribution in [2.45, 2.75) is 96.9 Å². The summed E-state index contributed by atoms with van der Waals surface area (Å²) in [6.45, 7) is 8.64. The van der Waals surface area contributed by atoms with Gasteiger partial charge in [-0.05, 0) is 37.0 Å². The molecule has 1 aliphatic rings. The molecular weight excluding hydrogens is 384 g/mol. The maximum absolute atomic E-state index is 6.35. The first kappa shape index (κ1) is 25.8. The van der Waals surface area contributed by atoms with Gasteiger partial charge in [0, 0.05) is 13.0 Å². The van der Waals surface area contributed by atoms with Gasteiger partial charge in [-0.1, -0.05) is 101 Å². The highest BCUT2D eigenvalue weighted by atomic mass is 16.7. The highest BCUT2D eigenvalue weighted by molar-refractivity contribution is 5.75. The standard InChI is InChI=1S/C28H44O3/c1-4-6-8-9-10-15-23-30-28(31-24-25(3)29-22-14-7-5-2)20-18-27(19-21-28)26-16-12-11-13-17-26/h11-13,16-20,25H,4-10,14-15,21-24H2,1-3H3/t25?,28-/m1/s1. The molecule has 3 nitrogen and oxygen atoms in total. The Morgan fingerprint density at radius 3 is 2.23 bits per heavy atom. The molecule has 0 radical (unpaired) electrons. The Balaban J connectivity index is 1.87. The van der Waals surface area contributed by atoms with E-state index in [0.717, 1.165) is 32.5 Å². The van der Waals surface area contributed by atoms with E-state index < -0.39 is 5.79 Å². The van der Waals surface area contributed by atoms with Gasteiger partial charge in [0.15, 0.2) is 5.79 Å². The van der Waals surface area contributed by atoms with Gasteiger partial charge in [0.1, 0.15) is 0 Å². The summed E-state index contributed by atoms with van der Waals surface area (Å²) in [6, 6.07) is 10.5. The van der Waals surface area contributed by atoms with Crippen molar-refractivity contribution in [1.82, 2.24) is 0 Å². The second-order valence-corrected chi connectivity index (χ2v) is 8.69. The van der Waals surface area contributed by atoms with Crippen LogP contribution >= 0.6 is 0 Å². The van der Waals surface area contributed by atoms with E-state index in [4.69, 9.17) is 14.2 Å². The molecule has 0 spiro atoms. The van der Waals surface area contributed by atoms with Crippen LogP contribution in [0.1, 0.15) is 90.5 Å². The number of benzene rings is 1. The Bertz CT molecular complexity index is 637. The van der Waals surface area contributed by atoms with E-state index in [1.807, 2.05) is 0 Å². The lowest BCUT2D eigenvalue weighted by molar-refractivity contribution is -0.216. The Hall–Kier alpha value is -1.42. The van der Waals surface area contributed by atoms with E-state index >= 15 is 0 Å². The molecule has 31 heavy (non-hydrogen) atoms. The minimum absolute atomic E-state index is 0.0688. The Morgan fingerprint density at radius 2 is 1.52 bits per heavy atom. The molecule has 0 saturated carbocycles. The van der Waals surface area contributed by atoms with Gasteiger partial charge in [0.05, 0.1) is 19.3 Å². The Kier molecular flexibility index (Phi) is 12.8. The molecule has 174 valence electrons. The van der Waals surface area contributed by atoms with E-state index in [9.17, 15) is 0 Å². The first-order valence-corrected chi connectivity index (χ1v) is 12.5. The van der Waals surface area contributed by atoms with Crippen LogP contribution in [-0.2, 0) is 14.2 Å². The number of unbranched alkanes of at least 4 members (excludes halogenated alkanes) is 7. The van der Waals surface area contributed by atoms with Gasteiger partial charge in [-0.15, -0.1) is 0 Å². The molecule has 1 aromatic rings. The second kappa shape index (κ2) is 15.4. The summed E-state index contributed by atoms with van der Waals surface area (Å²) in [5.74, 6) is -0.678. The molecule has 0 heterocycles. The van der Waals surface area contributed by atoms with Crippen molar-refractivity contribution < 1.29 is 14.2 Å². The molecular formula is C28H44O3. The predicted molar refractivity (Wildman–Crippen MR) is 131 cm³/mol. The Labute approximate surface area is 190 Å². The zero-order chi connectivity index (χ0) is 22.2. The maximum atomic E-state index is 6.35. The van der Waals surface area contributed by atoms with Crippen molar-refractivity contribution in [3.63, 3.8) is 0 Å². The minimum atomic E-state index is -0.678. The summed E-state index contributed by atoms with van der Waals surface area (Å²) < 4.78 is 18.6. The summed E-state index contributed by atoms with van der Waals surface area (Å²) >= 11 is 0. The lowest BCUT2D eigenvalue weighted by Gasteiger charge is -2.33. The zero-order valence-corrected chi connectivity index (χ0v) is 20.1. The molecule has 1 aromatic carbocycles. The van der Waals surface area contributed by atoms with Crippen LogP contribution in [0, 0.1) is 0 Å². The van der Waals surface area contributed by atoms with Crippen LogP contribution in [0.2, 0.25) is 0 Å². The maximum Gasteiger partial charge on any atom is 0.191 e. The summed E-state index contributed by atoms with van der Waals surface area (Å²) in [5.41, 5.74) is 2.46. The van der Waals surface area contributed by atoms with Gasteiger partial charge in [0.2, 0.25) is 0 Å². The molecule has 0 aromatic heterocycles. The highest BCUT2D eigenvalue weighted by Crippen LogP contribution is 2.31. The smallest absolute Gasteiger partial charge is 0.191 e. The van der Waals surface area contributed by atoms with Gasteiger partial charge in [0.25, 0.3) is 0 Å². The summed E-state index contributed by atoms with van der Waals surface area (Å²) in [4.78, 5) is 0. The SMILES string of the molecule is CCCCCCCCO[C@@]1(OCC(C)OCCCCC)C=CC(c2ccccc2)=CC1. The van der Waals surface area contributed by atoms with Crippen molar-refractivity contribution in [3.8, 4) is 0 Å². The van der Waals surface area contributed by atoms with Crippen LogP contribution in [0.4, 0.5) is 0 Å². The molecule has 1 aliphatic carbocycles. The zero-order valence-electron chi connectivity index (χ0n) is 20.1. The molecule has 0 amide bonds. The van der Waals surface area contributed by atoms with Crippen molar-refractivity contribution in [3.05, 3.63) is 54.1 Å². The van der Waals surface area contributed by atoms with E-state index in [-0.39, 0.29) is 6.10 Å². The van der Waals surface area contributed by atoms with Crippen LogP contribution < -0.4 is 0 Å². The quantitative estimate of drug-likeness (QED) is 0.188. The van der Waals surface area contributed by atoms with Crippen LogP contribution in [0.5, 0.6) is 0 Å². The number of hydrogen-bond acceptors (Lipinski definition) is 3. The van der Waals surface area contributed by atoms with Crippen molar-refractivity contribution >= 4 is 5.57 Å². The van der Waals surface area contributed by atoms with E-state index in [1.54, 1.807) is 0 Å². The molecule has 0 saturated heterocycles. The normalized spacial score (nSPS) is 19.4. The summed E-state index contributed by atoms with van der Waals surface area (Å²) in [7, 11) is 0. The van der Waals surface area contributed by atoms with Crippen molar-refractivity contribution in [2.75, 3.05) is 19.8 Å². The fraction of sp³-hybridized carbons (Fsp3) is 0.643. The predicted octanol–water partition coefficient (Wildman–Crippen LogP) is 7.72. The van der Waals surface area contributed by atoms with Crippen LogP contribution in [-0.4, -0.2) is 31.7 Å². The van der Waals surface area contributed by atoms with Gasteiger partial charge in [-0.3, -0.25) is 0 Å². The van der Waals surface area contributed by atoms with Gasteiger partial charge in [-0.25, -0.2) is 0 Å². The molecule has 2 rings (SSSR count). The number of rotatable bonds is 17. The second-order valence-electron chi connectivity index (χ2n) is 8.69. The molecule has 0 bridgehead atoms. The van der Waals surface area contributed by atoms with Crippen LogP contribution in [0.15, 0.2) is 48.6 Å². The number of hydrogen-bond donors (Lipinski definition) is 0. The van der Waals surface area contributed by atoms with Crippen LogP contribution in [0.25, 0.3) is 5.57 Å². The third-order valence-electron chi connectivity index (χ3n) is 5.79. The number of allylic oxidation sites excluding steroid dienone is 2. The van der Waals surface area contributed by atoms with E-state index in [0.29, 0.717) is 6.61 Å².